The summed E-state index contributed by atoms with van der Waals surface area (Å²) in [4.78, 5) is 28.3. The van der Waals surface area contributed by atoms with Crippen molar-refractivity contribution in [1.82, 2.24) is 14.1 Å². The van der Waals surface area contributed by atoms with Crippen molar-refractivity contribution in [1.29, 1.82) is 0 Å². The summed E-state index contributed by atoms with van der Waals surface area (Å²) >= 11 is 0. The number of rotatable bonds is 4. The molecule has 9 heteroatoms. The molecule has 2 aliphatic heterocycles. The predicted octanol–water partition coefficient (Wildman–Crippen LogP) is 1.55. The van der Waals surface area contributed by atoms with E-state index in [1.165, 1.54) is 22.5 Å². The number of halogens is 1. The average molecular weight is 426 g/mol. The molecular weight excluding hydrogens is 397 g/mol. The lowest BCUT2D eigenvalue weighted by Crippen LogP contribution is -2.54. The lowest BCUT2D eigenvalue weighted by Gasteiger charge is -2.39. The topological polar surface area (TPSA) is 78.0 Å². The lowest BCUT2D eigenvalue weighted by molar-refractivity contribution is -0.143. The molecule has 2 fully saturated rings. The summed E-state index contributed by atoms with van der Waals surface area (Å²) in [6, 6.07) is 5.32. The summed E-state index contributed by atoms with van der Waals surface area (Å²) in [5.74, 6) is -1.10. The van der Waals surface area contributed by atoms with Gasteiger partial charge in [-0.2, -0.15) is 4.31 Å². The molecule has 2 heterocycles. The molecule has 1 atom stereocenters. The standard InChI is InChI=1S/C20H28FN3O4S/c1-15(2)19(25)23-9-5-6-16(14-23)20(26)22-10-12-24(13-11-22)29(27,28)18-8-4-3-7-17(18)21/h3-4,7-8,15-16H,5-6,9-14H2,1-2H3. The van der Waals surface area contributed by atoms with Gasteiger partial charge in [0.1, 0.15) is 10.7 Å². The van der Waals surface area contributed by atoms with E-state index in [0.717, 1.165) is 18.9 Å². The Labute approximate surface area is 171 Å². The number of hydrogen-bond donors (Lipinski definition) is 0. The van der Waals surface area contributed by atoms with Gasteiger partial charge in [-0.25, -0.2) is 12.8 Å². The summed E-state index contributed by atoms with van der Waals surface area (Å²) in [6.07, 6.45) is 1.52. The van der Waals surface area contributed by atoms with Gasteiger partial charge in [0.2, 0.25) is 21.8 Å². The molecule has 0 saturated carbocycles. The van der Waals surface area contributed by atoms with E-state index < -0.39 is 15.8 Å². The fraction of sp³-hybridized carbons (Fsp3) is 0.600. The summed E-state index contributed by atoms with van der Waals surface area (Å²) in [5, 5.41) is 0. The van der Waals surface area contributed by atoms with E-state index in [4.69, 9.17) is 0 Å². The number of nitrogens with zero attached hydrogens (tertiary/aromatic N) is 3. The van der Waals surface area contributed by atoms with Crippen LogP contribution >= 0.6 is 0 Å². The Morgan fingerprint density at radius 2 is 1.69 bits per heavy atom. The highest BCUT2D eigenvalue weighted by Gasteiger charge is 2.36. The first-order chi connectivity index (χ1) is 13.7. The number of carbonyl (C=O) groups is 2. The van der Waals surface area contributed by atoms with E-state index in [1.807, 2.05) is 13.8 Å². The zero-order valence-electron chi connectivity index (χ0n) is 16.9. The Kier molecular flexibility index (Phi) is 6.58. The van der Waals surface area contributed by atoms with Crippen LogP contribution in [-0.2, 0) is 19.6 Å². The highest BCUT2D eigenvalue weighted by atomic mass is 32.2. The van der Waals surface area contributed by atoms with Gasteiger partial charge in [-0.05, 0) is 25.0 Å². The minimum Gasteiger partial charge on any atom is -0.342 e. The lowest BCUT2D eigenvalue weighted by atomic mass is 9.95. The van der Waals surface area contributed by atoms with E-state index in [-0.39, 0.29) is 54.7 Å². The van der Waals surface area contributed by atoms with Crippen molar-refractivity contribution in [2.45, 2.75) is 31.6 Å². The van der Waals surface area contributed by atoms with Crippen LogP contribution in [0.4, 0.5) is 4.39 Å². The van der Waals surface area contributed by atoms with Crippen LogP contribution in [-0.4, -0.2) is 73.6 Å². The molecule has 0 aromatic heterocycles. The van der Waals surface area contributed by atoms with Gasteiger partial charge in [0.25, 0.3) is 0 Å². The average Bonchev–Trinajstić information content (AvgIpc) is 2.73. The van der Waals surface area contributed by atoms with Gasteiger partial charge < -0.3 is 9.80 Å². The molecule has 2 aliphatic rings. The molecule has 1 unspecified atom stereocenters. The molecule has 0 spiro atoms. The van der Waals surface area contributed by atoms with Crippen LogP contribution in [0.15, 0.2) is 29.2 Å². The maximum absolute atomic E-state index is 13.9. The van der Waals surface area contributed by atoms with Gasteiger partial charge in [0, 0.05) is 45.2 Å². The third-order valence-electron chi connectivity index (χ3n) is 5.58. The Bertz CT molecular complexity index is 866. The zero-order valence-corrected chi connectivity index (χ0v) is 17.7. The van der Waals surface area contributed by atoms with Crippen LogP contribution < -0.4 is 0 Å². The maximum Gasteiger partial charge on any atom is 0.246 e. The van der Waals surface area contributed by atoms with Crippen molar-refractivity contribution < 1.29 is 22.4 Å². The number of carbonyl (C=O) groups excluding carboxylic acids is 2. The monoisotopic (exact) mass is 425 g/mol. The third-order valence-corrected chi connectivity index (χ3v) is 7.51. The minimum atomic E-state index is -3.93. The largest absolute Gasteiger partial charge is 0.342 e. The van der Waals surface area contributed by atoms with Gasteiger partial charge >= 0.3 is 0 Å². The number of likely N-dealkylation sites (tertiary alicyclic amines) is 1. The Morgan fingerprint density at radius 3 is 2.31 bits per heavy atom. The van der Waals surface area contributed by atoms with Crippen LogP contribution in [0.25, 0.3) is 0 Å². The van der Waals surface area contributed by atoms with Crippen LogP contribution in [0, 0.1) is 17.7 Å². The Balaban J connectivity index is 1.61. The zero-order chi connectivity index (χ0) is 21.2. The first-order valence-corrected chi connectivity index (χ1v) is 11.5. The van der Waals surface area contributed by atoms with Gasteiger partial charge in [0.05, 0.1) is 5.92 Å². The van der Waals surface area contributed by atoms with Crippen molar-refractivity contribution in [2.24, 2.45) is 11.8 Å². The molecule has 29 heavy (non-hydrogen) atoms. The highest BCUT2D eigenvalue weighted by Crippen LogP contribution is 2.23. The second-order valence-corrected chi connectivity index (χ2v) is 9.84. The first-order valence-electron chi connectivity index (χ1n) is 10.0. The fourth-order valence-electron chi connectivity index (χ4n) is 3.94. The molecule has 7 nitrogen and oxygen atoms in total. The Morgan fingerprint density at radius 1 is 1.03 bits per heavy atom. The van der Waals surface area contributed by atoms with Crippen molar-refractivity contribution in [2.75, 3.05) is 39.3 Å². The Hall–Kier alpha value is -2.00. The van der Waals surface area contributed by atoms with Gasteiger partial charge in [0.15, 0.2) is 0 Å². The fourth-order valence-corrected chi connectivity index (χ4v) is 5.43. The molecule has 2 saturated heterocycles. The molecule has 0 bridgehead atoms. The molecule has 3 rings (SSSR count). The number of sulfonamides is 1. The van der Waals surface area contributed by atoms with E-state index in [9.17, 15) is 22.4 Å². The number of amides is 2. The second-order valence-electron chi connectivity index (χ2n) is 7.94. The first kappa shape index (κ1) is 21.7. The van der Waals surface area contributed by atoms with Crippen molar-refractivity contribution in [3.8, 4) is 0 Å². The number of piperazine rings is 1. The summed E-state index contributed by atoms with van der Waals surface area (Å²) < 4.78 is 40.6. The maximum atomic E-state index is 13.9. The van der Waals surface area contributed by atoms with Crippen LogP contribution in [0.3, 0.4) is 0 Å². The van der Waals surface area contributed by atoms with Crippen LogP contribution in [0.1, 0.15) is 26.7 Å². The van der Waals surface area contributed by atoms with Crippen molar-refractivity contribution >= 4 is 21.8 Å². The van der Waals surface area contributed by atoms with Crippen LogP contribution in [0.2, 0.25) is 0 Å². The van der Waals surface area contributed by atoms with Gasteiger partial charge in [-0.3, -0.25) is 9.59 Å². The molecule has 0 radical (unpaired) electrons. The summed E-state index contributed by atoms with van der Waals surface area (Å²) in [7, 11) is -3.93. The second kappa shape index (κ2) is 8.79. The van der Waals surface area contributed by atoms with E-state index >= 15 is 0 Å². The normalized spacial score (nSPS) is 21.4. The van der Waals surface area contributed by atoms with E-state index in [1.54, 1.807) is 9.80 Å². The highest BCUT2D eigenvalue weighted by molar-refractivity contribution is 7.89. The minimum absolute atomic E-state index is 0.0332. The predicted molar refractivity (Wildman–Crippen MR) is 106 cm³/mol. The molecule has 160 valence electrons. The molecular formula is C20H28FN3O4S. The van der Waals surface area contributed by atoms with Crippen LogP contribution in [0.5, 0.6) is 0 Å². The quantitative estimate of drug-likeness (QED) is 0.733. The molecule has 2 amide bonds. The molecule has 0 N–H and O–H groups in total. The SMILES string of the molecule is CC(C)C(=O)N1CCCC(C(=O)N2CCN(S(=O)(=O)c3ccccc3F)CC2)C1. The van der Waals surface area contributed by atoms with Gasteiger partial charge in [-0.15, -0.1) is 0 Å². The summed E-state index contributed by atoms with van der Waals surface area (Å²) in [6.45, 7) is 5.58. The molecule has 1 aromatic carbocycles. The summed E-state index contributed by atoms with van der Waals surface area (Å²) in [5.41, 5.74) is 0. The number of hydrogen-bond acceptors (Lipinski definition) is 4. The van der Waals surface area contributed by atoms with E-state index in [0.29, 0.717) is 13.1 Å². The van der Waals surface area contributed by atoms with E-state index in [2.05, 4.69) is 0 Å². The third kappa shape index (κ3) is 4.61. The number of piperidine rings is 1. The molecule has 1 aromatic rings. The van der Waals surface area contributed by atoms with Crippen molar-refractivity contribution in [3.05, 3.63) is 30.1 Å². The smallest absolute Gasteiger partial charge is 0.246 e. The number of benzene rings is 1. The molecule has 0 aliphatic carbocycles. The van der Waals surface area contributed by atoms with Crippen molar-refractivity contribution in [3.63, 3.8) is 0 Å². The van der Waals surface area contributed by atoms with Gasteiger partial charge in [-0.1, -0.05) is 26.0 Å².